The van der Waals surface area contributed by atoms with Gasteiger partial charge in [-0.1, -0.05) is 59.8 Å². The highest BCUT2D eigenvalue weighted by Crippen LogP contribution is 2.19. The molecular formula is C23H20N2O3. The largest absolute Gasteiger partial charge is 0.488 e. The summed E-state index contributed by atoms with van der Waals surface area (Å²) in [6.45, 7) is 0.669. The molecule has 0 aromatic heterocycles. The van der Waals surface area contributed by atoms with E-state index >= 15 is 0 Å². The van der Waals surface area contributed by atoms with Gasteiger partial charge in [-0.25, -0.2) is 0 Å². The number of nitrogens with zero attached hydrogens (tertiary/aromatic N) is 2. The van der Waals surface area contributed by atoms with Gasteiger partial charge < -0.3 is 14.3 Å². The maximum Gasteiger partial charge on any atom is 0.137 e. The van der Waals surface area contributed by atoms with Crippen molar-refractivity contribution in [1.29, 1.82) is 5.26 Å². The molecule has 0 radical (unpaired) electrons. The topological polar surface area (TPSA) is 63.8 Å². The van der Waals surface area contributed by atoms with Crippen LogP contribution in [0.25, 0.3) is 0 Å². The molecule has 3 rings (SSSR count). The Balaban J connectivity index is 1.58. The minimum atomic E-state index is 0.295. The third kappa shape index (κ3) is 5.12. The van der Waals surface area contributed by atoms with Gasteiger partial charge in [0, 0.05) is 5.56 Å². The van der Waals surface area contributed by atoms with Gasteiger partial charge in [-0.2, -0.15) is 5.26 Å². The number of nitriles is 1. The summed E-state index contributed by atoms with van der Waals surface area (Å²) in [6.07, 6.45) is 0. The molecule has 0 aliphatic rings. The highest BCUT2D eigenvalue weighted by Gasteiger charge is 2.06. The standard InChI is InChI=1S/C23H20N2O3/c1-26-25-22(19-7-3-2-4-8-19)17-27-21-13-11-18(12-14-21)16-28-23-10-6-5-9-20(23)15-24/h2-14H,16-17H2,1H3. The van der Waals surface area contributed by atoms with Crippen molar-refractivity contribution in [1.82, 2.24) is 0 Å². The van der Waals surface area contributed by atoms with Crippen molar-refractivity contribution in [2.75, 3.05) is 13.7 Å². The lowest BCUT2D eigenvalue weighted by Gasteiger charge is -2.10. The molecule has 0 spiro atoms. The van der Waals surface area contributed by atoms with E-state index in [0.29, 0.717) is 30.2 Å². The highest BCUT2D eigenvalue weighted by molar-refractivity contribution is 6.01. The Labute approximate surface area is 164 Å². The molecule has 0 heterocycles. The van der Waals surface area contributed by atoms with Gasteiger partial charge in [-0.05, 0) is 29.8 Å². The Morgan fingerprint density at radius 3 is 2.32 bits per heavy atom. The van der Waals surface area contributed by atoms with E-state index < -0.39 is 0 Å². The fourth-order valence-corrected chi connectivity index (χ4v) is 2.58. The first-order chi connectivity index (χ1) is 13.8. The second kappa shape index (κ2) is 9.79. The quantitative estimate of drug-likeness (QED) is 0.429. The van der Waals surface area contributed by atoms with Gasteiger partial charge in [-0.3, -0.25) is 0 Å². The van der Waals surface area contributed by atoms with Gasteiger partial charge in [0.1, 0.15) is 43.6 Å². The minimum absolute atomic E-state index is 0.295. The Hall–Kier alpha value is -3.78. The summed E-state index contributed by atoms with van der Waals surface area (Å²) < 4.78 is 11.6. The molecule has 0 saturated carbocycles. The fraction of sp³-hybridized carbons (Fsp3) is 0.130. The first-order valence-corrected chi connectivity index (χ1v) is 8.79. The third-order valence-electron chi connectivity index (χ3n) is 4.01. The van der Waals surface area contributed by atoms with Crippen molar-refractivity contribution < 1.29 is 14.3 Å². The van der Waals surface area contributed by atoms with E-state index in [-0.39, 0.29) is 0 Å². The number of benzene rings is 3. The van der Waals surface area contributed by atoms with E-state index in [9.17, 15) is 0 Å². The van der Waals surface area contributed by atoms with Gasteiger partial charge in [-0.15, -0.1) is 0 Å². The zero-order valence-electron chi connectivity index (χ0n) is 15.5. The first-order valence-electron chi connectivity index (χ1n) is 8.79. The van der Waals surface area contributed by atoms with Crippen LogP contribution in [0.1, 0.15) is 16.7 Å². The summed E-state index contributed by atoms with van der Waals surface area (Å²) in [5.41, 5.74) is 3.16. The van der Waals surface area contributed by atoms with E-state index in [1.165, 1.54) is 7.11 Å². The van der Waals surface area contributed by atoms with Crippen molar-refractivity contribution >= 4 is 5.71 Å². The zero-order valence-corrected chi connectivity index (χ0v) is 15.5. The molecule has 140 valence electrons. The summed E-state index contributed by atoms with van der Waals surface area (Å²) in [5, 5.41) is 13.2. The van der Waals surface area contributed by atoms with Crippen LogP contribution in [0.2, 0.25) is 0 Å². The molecule has 5 heteroatoms. The summed E-state index contributed by atoms with van der Waals surface area (Å²) in [6, 6.07) is 26.7. The predicted octanol–water partition coefficient (Wildman–Crippen LogP) is 4.57. The fourth-order valence-electron chi connectivity index (χ4n) is 2.58. The second-order valence-corrected chi connectivity index (χ2v) is 5.92. The monoisotopic (exact) mass is 372 g/mol. The lowest BCUT2D eigenvalue weighted by Crippen LogP contribution is -2.13. The van der Waals surface area contributed by atoms with Crippen molar-refractivity contribution in [2.24, 2.45) is 5.16 Å². The van der Waals surface area contributed by atoms with Crippen molar-refractivity contribution in [3.05, 3.63) is 95.6 Å². The number of hydrogen-bond acceptors (Lipinski definition) is 5. The molecule has 0 aliphatic carbocycles. The Bertz CT molecular complexity index is 961. The van der Waals surface area contributed by atoms with Crippen molar-refractivity contribution in [3.8, 4) is 17.6 Å². The van der Waals surface area contributed by atoms with Crippen molar-refractivity contribution in [3.63, 3.8) is 0 Å². The number of ether oxygens (including phenoxy) is 2. The summed E-state index contributed by atoms with van der Waals surface area (Å²) in [4.78, 5) is 4.93. The summed E-state index contributed by atoms with van der Waals surface area (Å²) in [7, 11) is 1.52. The van der Waals surface area contributed by atoms with Crippen LogP contribution in [-0.4, -0.2) is 19.4 Å². The number of para-hydroxylation sites is 1. The maximum atomic E-state index is 9.11. The number of oxime groups is 1. The second-order valence-electron chi connectivity index (χ2n) is 5.92. The molecule has 3 aromatic rings. The molecule has 0 N–H and O–H groups in total. The predicted molar refractivity (Wildman–Crippen MR) is 107 cm³/mol. The van der Waals surface area contributed by atoms with Crippen LogP contribution < -0.4 is 9.47 Å². The van der Waals surface area contributed by atoms with Crippen LogP contribution in [0, 0.1) is 11.3 Å². The van der Waals surface area contributed by atoms with E-state index in [0.717, 1.165) is 16.9 Å². The van der Waals surface area contributed by atoms with Crippen LogP contribution in [0.4, 0.5) is 0 Å². The minimum Gasteiger partial charge on any atom is -0.488 e. The highest BCUT2D eigenvalue weighted by atomic mass is 16.6. The van der Waals surface area contributed by atoms with Crippen LogP contribution >= 0.6 is 0 Å². The Morgan fingerprint density at radius 2 is 1.61 bits per heavy atom. The first kappa shape index (κ1) is 19.0. The zero-order chi connectivity index (χ0) is 19.6. The van der Waals surface area contributed by atoms with E-state index in [4.69, 9.17) is 19.6 Å². The molecule has 0 atom stereocenters. The number of rotatable bonds is 8. The molecule has 0 saturated heterocycles. The molecule has 5 nitrogen and oxygen atoms in total. The molecule has 28 heavy (non-hydrogen) atoms. The van der Waals surface area contributed by atoms with Gasteiger partial charge in [0.25, 0.3) is 0 Å². The number of hydrogen-bond donors (Lipinski definition) is 0. The van der Waals surface area contributed by atoms with Crippen LogP contribution in [0.15, 0.2) is 84.0 Å². The molecule has 0 unspecified atom stereocenters. The summed E-state index contributed by atoms with van der Waals surface area (Å²) >= 11 is 0. The SMILES string of the molecule is CON=C(COc1ccc(COc2ccccc2C#N)cc1)c1ccccc1. The molecule has 0 bridgehead atoms. The smallest absolute Gasteiger partial charge is 0.137 e. The van der Waals surface area contributed by atoms with E-state index in [1.807, 2.05) is 66.7 Å². The van der Waals surface area contributed by atoms with E-state index in [2.05, 4.69) is 11.2 Å². The lowest BCUT2D eigenvalue weighted by atomic mass is 10.1. The molecule has 3 aromatic carbocycles. The van der Waals surface area contributed by atoms with Gasteiger partial charge in [0.15, 0.2) is 0 Å². The Kier molecular flexibility index (Phi) is 6.64. The van der Waals surface area contributed by atoms with Crippen LogP contribution in [0.3, 0.4) is 0 Å². The molecule has 0 amide bonds. The van der Waals surface area contributed by atoms with Gasteiger partial charge >= 0.3 is 0 Å². The normalized spacial score (nSPS) is 10.8. The van der Waals surface area contributed by atoms with E-state index in [1.54, 1.807) is 12.1 Å². The average Bonchev–Trinajstić information content (AvgIpc) is 2.76. The Morgan fingerprint density at radius 1 is 0.893 bits per heavy atom. The molecule has 0 aliphatic heterocycles. The van der Waals surface area contributed by atoms with Crippen LogP contribution in [0.5, 0.6) is 11.5 Å². The molecule has 0 fully saturated rings. The molecular weight excluding hydrogens is 352 g/mol. The van der Waals surface area contributed by atoms with Crippen molar-refractivity contribution in [2.45, 2.75) is 6.61 Å². The maximum absolute atomic E-state index is 9.11. The van der Waals surface area contributed by atoms with Gasteiger partial charge in [0.05, 0.1) is 5.56 Å². The van der Waals surface area contributed by atoms with Crippen LogP contribution in [-0.2, 0) is 11.4 Å². The summed E-state index contributed by atoms with van der Waals surface area (Å²) in [5.74, 6) is 1.30. The lowest BCUT2D eigenvalue weighted by molar-refractivity contribution is 0.210. The average molecular weight is 372 g/mol. The third-order valence-corrected chi connectivity index (χ3v) is 4.01. The van der Waals surface area contributed by atoms with Gasteiger partial charge in [0.2, 0.25) is 0 Å².